The Balaban J connectivity index is 1.70. The summed E-state index contributed by atoms with van der Waals surface area (Å²) >= 11 is 0. The molecule has 3 rings (SSSR count). The largest absolute Gasteiger partial charge is 0.458 e. The van der Waals surface area contributed by atoms with Gasteiger partial charge in [0.1, 0.15) is 6.10 Å². The third-order valence-electron chi connectivity index (χ3n) is 5.45. The Morgan fingerprint density at radius 2 is 1.60 bits per heavy atom. The number of esters is 1. The Bertz CT molecular complexity index is 688. The second-order valence-electron chi connectivity index (χ2n) is 7.71. The van der Waals surface area contributed by atoms with Gasteiger partial charge in [-0.1, -0.05) is 69.7 Å². The first-order valence-corrected chi connectivity index (χ1v) is 9.41. The zero-order valence-corrected chi connectivity index (χ0v) is 15.4. The molecule has 132 valence electrons. The highest BCUT2D eigenvalue weighted by molar-refractivity contribution is 5.90. The molecule has 0 bridgehead atoms. The van der Waals surface area contributed by atoms with Gasteiger partial charge in [0, 0.05) is 0 Å². The van der Waals surface area contributed by atoms with Crippen molar-refractivity contribution in [1.82, 2.24) is 0 Å². The summed E-state index contributed by atoms with van der Waals surface area (Å²) in [5, 5.41) is 0. The van der Waals surface area contributed by atoms with Crippen LogP contribution in [0.3, 0.4) is 0 Å². The fourth-order valence-corrected chi connectivity index (χ4v) is 3.89. The molecule has 2 nitrogen and oxygen atoms in total. The van der Waals surface area contributed by atoms with Crippen LogP contribution < -0.4 is 0 Å². The average molecular weight is 336 g/mol. The molecule has 1 aliphatic carbocycles. The fourth-order valence-electron chi connectivity index (χ4n) is 3.89. The fraction of sp³-hybridized carbons (Fsp3) is 0.435. The van der Waals surface area contributed by atoms with Crippen LogP contribution in [0.15, 0.2) is 54.6 Å². The minimum atomic E-state index is -0.190. The molecule has 3 atom stereocenters. The lowest BCUT2D eigenvalue weighted by atomic mass is 9.75. The van der Waals surface area contributed by atoms with E-state index in [0.717, 1.165) is 24.0 Å². The van der Waals surface area contributed by atoms with Crippen molar-refractivity contribution in [1.29, 1.82) is 0 Å². The predicted octanol–water partition coefficient (Wildman–Crippen LogP) is 5.97. The minimum Gasteiger partial charge on any atom is -0.458 e. The molecule has 0 heterocycles. The van der Waals surface area contributed by atoms with Crippen LogP contribution in [0.4, 0.5) is 0 Å². The topological polar surface area (TPSA) is 26.3 Å². The van der Waals surface area contributed by atoms with E-state index < -0.39 is 0 Å². The Kier molecular flexibility index (Phi) is 5.57. The maximum atomic E-state index is 12.6. The summed E-state index contributed by atoms with van der Waals surface area (Å²) in [6, 6.07) is 17.9. The number of carbonyl (C=O) groups excluding carboxylic acids is 1. The zero-order valence-electron chi connectivity index (χ0n) is 15.4. The van der Waals surface area contributed by atoms with E-state index in [1.165, 1.54) is 6.42 Å². The molecule has 0 spiro atoms. The van der Waals surface area contributed by atoms with E-state index in [9.17, 15) is 4.79 Å². The van der Waals surface area contributed by atoms with Crippen molar-refractivity contribution in [3.8, 4) is 11.1 Å². The number of hydrogen-bond donors (Lipinski definition) is 0. The van der Waals surface area contributed by atoms with Crippen LogP contribution in [-0.2, 0) is 4.74 Å². The number of rotatable bonds is 4. The summed E-state index contributed by atoms with van der Waals surface area (Å²) in [5.74, 6) is 1.46. The second-order valence-corrected chi connectivity index (χ2v) is 7.71. The van der Waals surface area contributed by atoms with E-state index in [4.69, 9.17) is 4.74 Å². The van der Waals surface area contributed by atoms with E-state index in [-0.39, 0.29) is 12.1 Å². The van der Waals surface area contributed by atoms with Crippen molar-refractivity contribution < 1.29 is 9.53 Å². The standard InChI is InChI=1S/C23H28O2/c1-16(2)21-14-9-17(3)15-22(21)25-23(24)20-12-10-19(11-13-20)18-7-5-4-6-8-18/h4-8,10-13,16-17,21-22H,9,14-15H2,1-3H3/t17-,21+,22+/m0/s1. The molecule has 0 amide bonds. The van der Waals surface area contributed by atoms with Crippen LogP contribution in [0.25, 0.3) is 11.1 Å². The highest BCUT2D eigenvalue weighted by Gasteiger charge is 2.33. The number of ether oxygens (including phenoxy) is 1. The molecule has 0 radical (unpaired) electrons. The smallest absolute Gasteiger partial charge is 0.338 e. The average Bonchev–Trinajstić information content (AvgIpc) is 2.62. The van der Waals surface area contributed by atoms with Gasteiger partial charge in [0.15, 0.2) is 0 Å². The maximum absolute atomic E-state index is 12.6. The van der Waals surface area contributed by atoms with Gasteiger partial charge in [0.25, 0.3) is 0 Å². The van der Waals surface area contributed by atoms with Gasteiger partial charge in [0.05, 0.1) is 5.56 Å². The monoisotopic (exact) mass is 336 g/mol. The van der Waals surface area contributed by atoms with Crippen molar-refractivity contribution in [2.24, 2.45) is 17.8 Å². The lowest BCUT2D eigenvalue weighted by molar-refractivity contribution is -0.0174. The number of benzene rings is 2. The molecule has 2 aromatic carbocycles. The molecular formula is C23H28O2. The molecule has 0 unspecified atom stereocenters. The molecular weight excluding hydrogens is 308 g/mol. The van der Waals surface area contributed by atoms with Gasteiger partial charge in [-0.25, -0.2) is 4.79 Å². The van der Waals surface area contributed by atoms with Crippen LogP contribution in [0.5, 0.6) is 0 Å². The molecule has 0 aliphatic heterocycles. The molecule has 2 aromatic rings. The normalized spacial score (nSPS) is 23.4. The molecule has 0 N–H and O–H groups in total. The van der Waals surface area contributed by atoms with Gasteiger partial charge >= 0.3 is 5.97 Å². The van der Waals surface area contributed by atoms with Gasteiger partial charge < -0.3 is 4.74 Å². The number of carbonyl (C=O) groups is 1. The summed E-state index contributed by atoms with van der Waals surface area (Å²) in [6.07, 6.45) is 3.42. The molecule has 2 heteroatoms. The lowest BCUT2D eigenvalue weighted by Gasteiger charge is -2.36. The zero-order chi connectivity index (χ0) is 17.8. The van der Waals surface area contributed by atoms with Crippen molar-refractivity contribution >= 4 is 5.97 Å². The Labute approximate surface area is 151 Å². The van der Waals surface area contributed by atoms with E-state index in [1.807, 2.05) is 42.5 Å². The van der Waals surface area contributed by atoms with Gasteiger partial charge in [-0.3, -0.25) is 0 Å². The van der Waals surface area contributed by atoms with E-state index in [1.54, 1.807) is 0 Å². The van der Waals surface area contributed by atoms with Gasteiger partial charge in [-0.2, -0.15) is 0 Å². The third kappa shape index (κ3) is 4.31. The molecule has 25 heavy (non-hydrogen) atoms. The van der Waals surface area contributed by atoms with Crippen molar-refractivity contribution in [3.63, 3.8) is 0 Å². The first-order chi connectivity index (χ1) is 12.0. The molecule has 0 saturated heterocycles. The number of hydrogen-bond acceptors (Lipinski definition) is 2. The first-order valence-electron chi connectivity index (χ1n) is 9.41. The lowest BCUT2D eigenvalue weighted by Crippen LogP contribution is -2.35. The molecule has 1 aliphatic rings. The van der Waals surface area contributed by atoms with E-state index in [2.05, 4.69) is 32.9 Å². The SMILES string of the molecule is CC(C)[C@H]1CC[C@H](C)C[C@H]1OC(=O)c1ccc(-c2ccccc2)cc1. The molecule has 1 saturated carbocycles. The van der Waals surface area contributed by atoms with E-state index in [0.29, 0.717) is 23.3 Å². The Morgan fingerprint density at radius 3 is 2.24 bits per heavy atom. The molecule has 1 fully saturated rings. The van der Waals surface area contributed by atoms with Gasteiger partial charge in [0.2, 0.25) is 0 Å². The van der Waals surface area contributed by atoms with Crippen LogP contribution in [0.2, 0.25) is 0 Å². The maximum Gasteiger partial charge on any atom is 0.338 e. The second kappa shape index (κ2) is 7.86. The van der Waals surface area contributed by atoms with Crippen LogP contribution in [-0.4, -0.2) is 12.1 Å². The summed E-state index contributed by atoms with van der Waals surface area (Å²) in [6.45, 7) is 6.72. The van der Waals surface area contributed by atoms with Crippen LogP contribution in [0, 0.1) is 17.8 Å². The van der Waals surface area contributed by atoms with Gasteiger partial charge in [-0.15, -0.1) is 0 Å². The quantitative estimate of drug-likeness (QED) is 0.643. The van der Waals surface area contributed by atoms with Gasteiger partial charge in [-0.05, 0) is 53.9 Å². The Morgan fingerprint density at radius 1 is 0.960 bits per heavy atom. The summed E-state index contributed by atoms with van der Waals surface area (Å²) < 4.78 is 5.93. The highest BCUT2D eigenvalue weighted by Crippen LogP contribution is 2.35. The third-order valence-corrected chi connectivity index (χ3v) is 5.45. The summed E-state index contributed by atoms with van der Waals surface area (Å²) in [5.41, 5.74) is 2.91. The molecule has 0 aromatic heterocycles. The van der Waals surface area contributed by atoms with Crippen molar-refractivity contribution in [2.45, 2.75) is 46.1 Å². The van der Waals surface area contributed by atoms with Crippen molar-refractivity contribution in [3.05, 3.63) is 60.2 Å². The first kappa shape index (κ1) is 17.7. The highest BCUT2D eigenvalue weighted by atomic mass is 16.5. The van der Waals surface area contributed by atoms with Crippen LogP contribution in [0.1, 0.15) is 50.4 Å². The van der Waals surface area contributed by atoms with Crippen LogP contribution >= 0.6 is 0 Å². The predicted molar refractivity (Wildman–Crippen MR) is 102 cm³/mol. The van der Waals surface area contributed by atoms with Crippen molar-refractivity contribution in [2.75, 3.05) is 0 Å². The van der Waals surface area contributed by atoms with E-state index >= 15 is 0 Å². The summed E-state index contributed by atoms with van der Waals surface area (Å²) in [4.78, 5) is 12.6. The minimum absolute atomic E-state index is 0.0463. The Hall–Kier alpha value is -2.09. The summed E-state index contributed by atoms with van der Waals surface area (Å²) in [7, 11) is 0.